The summed E-state index contributed by atoms with van der Waals surface area (Å²) in [5, 5.41) is 6.60. The number of thioether (sulfide) groups is 1. The molecule has 2 rings (SSSR count). The lowest BCUT2D eigenvalue weighted by Gasteiger charge is -2.11. The summed E-state index contributed by atoms with van der Waals surface area (Å²) in [6, 6.07) is 16.1. The number of methoxy groups -OCH3 is 1. The molecule has 1 aromatic heterocycles. The summed E-state index contributed by atoms with van der Waals surface area (Å²) in [7, 11) is 1.62. The Bertz CT molecular complexity index is 634. The van der Waals surface area contributed by atoms with Crippen molar-refractivity contribution >= 4 is 17.7 Å². The minimum atomic E-state index is 0.512. The molecule has 2 N–H and O–H groups in total. The number of rotatable bonds is 8. The molecule has 5 nitrogen and oxygen atoms in total. The SMILES string of the molecule is CCNC(=NCc1cccc(OC)n1)NCCSc1ccccc1. The number of nitrogens with one attached hydrogen (secondary N) is 2. The van der Waals surface area contributed by atoms with Crippen LogP contribution < -0.4 is 15.4 Å². The van der Waals surface area contributed by atoms with Gasteiger partial charge in [-0.15, -0.1) is 11.8 Å². The number of nitrogens with zero attached hydrogens (tertiary/aromatic N) is 2. The topological polar surface area (TPSA) is 58.5 Å². The number of pyridine rings is 1. The molecule has 0 amide bonds. The molecular weight excluding hydrogens is 320 g/mol. The van der Waals surface area contributed by atoms with Crippen LogP contribution in [0.15, 0.2) is 58.4 Å². The Kier molecular flexibility index (Phi) is 7.97. The van der Waals surface area contributed by atoms with E-state index < -0.39 is 0 Å². The predicted molar refractivity (Wildman–Crippen MR) is 101 cm³/mol. The molecule has 0 aliphatic heterocycles. The average Bonchev–Trinajstić information content (AvgIpc) is 2.64. The van der Waals surface area contributed by atoms with Crippen LogP contribution in [0.25, 0.3) is 0 Å². The van der Waals surface area contributed by atoms with E-state index in [4.69, 9.17) is 4.74 Å². The Labute approximate surface area is 147 Å². The molecule has 24 heavy (non-hydrogen) atoms. The fourth-order valence-electron chi connectivity index (χ4n) is 2.02. The van der Waals surface area contributed by atoms with Gasteiger partial charge in [0.1, 0.15) is 0 Å². The van der Waals surface area contributed by atoms with Crippen molar-refractivity contribution in [1.29, 1.82) is 0 Å². The molecule has 0 spiro atoms. The maximum atomic E-state index is 5.14. The van der Waals surface area contributed by atoms with Gasteiger partial charge in [-0.25, -0.2) is 9.98 Å². The van der Waals surface area contributed by atoms with Crippen LogP contribution in [0.4, 0.5) is 0 Å². The minimum Gasteiger partial charge on any atom is -0.481 e. The number of hydrogen-bond acceptors (Lipinski definition) is 4. The van der Waals surface area contributed by atoms with Gasteiger partial charge in [0.15, 0.2) is 5.96 Å². The zero-order valence-electron chi connectivity index (χ0n) is 14.2. The zero-order valence-corrected chi connectivity index (χ0v) is 15.0. The second kappa shape index (κ2) is 10.5. The van der Waals surface area contributed by atoms with Crippen molar-refractivity contribution in [3.05, 3.63) is 54.2 Å². The molecular formula is C18H24N4OS. The van der Waals surface area contributed by atoms with E-state index in [1.54, 1.807) is 7.11 Å². The molecule has 0 bridgehead atoms. The van der Waals surface area contributed by atoms with E-state index in [0.29, 0.717) is 12.4 Å². The van der Waals surface area contributed by atoms with Crippen molar-refractivity contribution in [3.63, 3.8) is 0 Å². The summed E-state index contributed by atoms with van der Waals surface area (Å²) in [6.07, 6.45) is 0. The molecule has 0 aliphatic rings. The van der Waals surface area contributed by atoms with Crippen LogP contribution in [0.5, 0.6) is 5.88 Å². The molecule has 1 heterocycles. The van der Waals surface area contributed by atoms with Gasteiger partial charge in [0, 0.05) is 29.8 Å². The third kappa shape index (κ3) is 6.50. The number of aliphatic imine (C=N–C) groups is 1. The Morgan fingerprint density at radius 3 is 2.71 bits per heavy atom. The fraction of sp³-hybridized carbons (Fsp3) is 0.333. The molecule has 1 aromatic carbocycles. The zero-order chi connectivity index (χ0) is 17.0. The van der Waals surface area contributed by atoms with Gasteiger partial charge in [-0.05, 0) is 25.1 Å². The van der Waals surface area contributed by atoms with E-state index in [2.05, 4.69) is 51.8 Å². The van der Waals surface area contributed by atoms with Crippen LogP contribution >= 0.6 is 11.8 Å². The largest absolute Gasteiger partial charge is 0.481 e. The van der Waals surface area contributed by atoms with E-state index in [0.717, 1.165) is 30.5 Å². The molecule has 0 aliphatic carbocycles. The summed E-state index contributed by atoms with van der Waals surface area (Å²) in [6.45, 7) is 4.23. The predicted octanol–water partition coefficient (Wildman–Crippen LogP) is 2.94. The molecule has 0 saturated heterocycles. The molecule has 0 saturated carbocycles. The molecule has 128 valence electrons. The highest BCUT2D eigenvalue weighted by Gasteiger charge is 2.00. The first-order chi connectivity index (χ1) is 11.8. The highest BCUT2D eigenvalue weighted by molar-refractivity contribution is 7.99. The normalized spacial score (nSPS) is 11.2. The Balaban J connectivity index is 1.81. The third-order valence-electron chi connectivity index (χ3n) is 3.14. The maximum Gasteiger partial charge on any atom is 0.213 e. The van der Waals surface area contributed by atoms with Gasteiger partial charge in [-0.2, -0.15) is 0 Å². The van der Waals surface area contributed by atoms with Crippen LogP contribution in [0.1, 0.15) is 12.6 Å². The number of guanidine groups is 1. The minimum absolute atomic E-state index is 0.512. The van der Waals surface area contributed by atoms with Crippen LogP contribution in [0.2, 0.25) is 0 Å². The van der Waals surface area contributed by atoms with Gasteiger partial charge in [0.2, 0.25) is 5.88 Å². The number of benzene rings is 1. The second-order valence-corrected chi connectivity index (χ2v) is 6.12. The molecule has 6 heteroatoms. The van der Waals surface area contributed by atoms with Gasteiger partial charge in [-0.1, -0.05) is 24.3 Å². The first kappa shape index (κ1) is 18.1. The van der Waals surface area contributed by atoms with E-state index in [1.165, 1.54) is 4.90 Å². The van der Waals surface area contributed by atoms with Crippen LogP contribution in [0, 0.1) is 0 Å². The van der Waals surface area contributed by atoms with Crippen LogP contribution in [-0.2, 0) is 6.54 Å². The second-order valence-electron chi connectivity index (χ2n) is 4.95. The number of hydrogen-bond donors (Lipinski definition) is 2. The fourth-order valence-corrected chi connectivity index (χ4v) is 2.81. The summed E-state index contributed by atoms with van der Waals surface area (Å²) in [5.74, 6) is 2.39. The highest BCUT2D eigenvalue weighted by Crippen LogP contribution is 2.15. The lowest BCUT2D eigenvalue weighted by Crippen LogP contribution is -2.38. The number of aromatic nitrogens is 1. The maximum absolute atomic E-state index is 5.14. The van der Waals surface area contributed by atoms with Crippen molar-refractivity contribution in [3.8, 4) is 5.88 Å². The van der Waals surface area contributed by atoms with Crippen molar-refractivity contribution in [2.24, 2.45) is 4.99 Å². The van der Waals surface area contributed by atoms with Gasteiger partial charge in [-0.3, -0.25) is 0 Å². The average molecular weight is 344 g/mol. The van der Waals surface area contributed by atoms with Crippen molar-refractivity contribution in [2.75, 3.05) is 26.0 Å². The molecule has 2 aromatic rings. The van der Waals surface area contributed by atoms with Gasteiger partial charge < -0.3 is 15.4 Å². The Morgan fingerprint density at radius 1 is 1.12 bits per heavy atom. The van der Waals surface area contributed by atoms with Crippen molar-refractivity contribution in [2.45, 2.75) is 18.4 Å². The molecule has 0 atom stereocenters. The smallest absolute Gasteiger partial charge is 0.213 e. The Morgan fingerprint density at radius 2 is 1.96 bits per heavy atom. The van der Waals surface area contributed by atoms with Crippen molar-refractivity contribution < 1.29 is 4.74 Å². The first-order valence-electron chi connectivity index (χ1n) is 8.01. The molecule has 0 radical (unpaired) electrons. The monoisotopic (exact) mass is 344 g/mol. The molecule has 0 fully saturated rings. The van der Waals surface area contributed by atoms with E-state index >= 15 is 0 Å². The van der Waals surface area contributed by atoms with Crippen molar-refractivity contribution in [1.82, 2.24) is 15.6 Å². The van der Waals surface area contributed by atoms with Gasteiger partial charge >= 0.3 is 0 Å². The lowest BCUT2D eigenvalue weighted by atomic mass is 10.3. The quantitative estimate of drug-likeness (QED) is 0.334. The summed E-state index contributed by atoms with van der Waals surface area (Å²) >= 11 is 1.83. The summed E-state index contributed by atoms with van der Waals surface area (Å²) < 4.78 is 5.14. The summed E-state index contributed by atoms with van der Waals surface area (Å²) in [4.78, 5) is 10.2. The van der Waals surface area contributed by atoms with E-state index in [1.807, 2.05) is 36.0 Å². The van der Waals surface area contributed by atoms with E-state index in [-0.39, 0.29) is 0 Å². The highest BCUT2D eigenvalue weighted by atomic mass is 32.2. The first-order valence-corrected chi connectivity index (χ1v) is 9.00. The van der Waals surface area contributed by atoms with Gasteiger partial charge in [0.25, 0.3) is 0 Å². The van der Waals surface area contributed by atoms with Gasteiger partial charge in [0.05, 0.1) is 19.3 Å². The number of ether oxygens (including phenoxy) is 1. The lowest BCUT2D eigenvalue weighted by molar-refractivity contribution is 0.396. The van der Waals surface area contributed by atoms with E-state index in [9.17, 15) is 0 Å². The molecule has 0 unspecified atom stereocenters. The standard InChI is InChI=1S/C18H24N4OS/c1-3-19-18(20-12-13-24-16-9-5-4-6-10-16)21-14-15-8-7-11-17(22-15)23-2/h4-11H,3,12-14H2,1-2H3,(H2,19,20,21). The Hall–Kier alpha value is -2.21. The third-order valence-corrected chi connectivity index (χ3v) is 4.15. The van der Waals surface area contributed by atoms with Crippen LogP contribution in [0.3, 0.4) is 0 Å². The summed E-state index contributed by atoms with van der Waals surface area (Å²) in [5.41, 5.74) is 0.880. The van der Waals surface area contributed by atoms with Crippen LogP contribution in [-0.4, -0.2) is 36.9 Å².